The van der Waals surface area contributed by atoms with Gasteiger partial charge in [-0.05, 0) is 36.7 Å². The highest BCUT2D eigenvalue weighted by atomic mass is 32.1. The second-order valence-electron chi connectivity index (χ2n) is 5.09. The number of carbonyl (C=O) groups is 1. The van der Waals surface area contributed by atoms with E-state index >= 15 is 0 Å². The number of H-pyrrole nitrogens is 1. The molecule has 3 aromatic rings. The van der Waals surface area contributed by atoms with Crippen LogP contribution in [0.1, 0.15) is 12.5 Å². The predicted octanol–water partition coefficient (Wildman–Crippen LogP) is 2.78. The van der Waals surface area contributed by atoms with Gasteiger partial charge < -0.3 is 10.1 Å². The molecule has 3 aromatic heterocycles. The molecule has 3 heterocycles. The van der Waals surface area contributed by atoms with Crippen molar-refractivity contribution in [3.8, 4) is 16.6 Å². The molecule has 0 atom stereocenters. The van der Waals surface area contributed by atoms with Gasteiger partial charge in [0.2, 0.25) is 11.8 Å². The van der Waals surface area contributed by atoms with Gasteiger partial charge in [-0.3, -0.25) is 14.5 Å². The number of rotatable bonds is 7. The molecule has 0 spiro atoms. The van der Waals surface area contributed by atoms with E-state index in [4.69, 9.17) is 17.0 Å². The van der Waals surface area contributed by atoms with Gasteiger partial charge >= 0.3 is 0 Å². The molecule has 0 saturated carbocycles. The lowest BCUT2D eigenvalue weighted by atomic mass is 10.2. The number of hydrogen-bond donors (Lipinski definition) is 2. The highest BCUT2D eigenvalue weighted by Gasteiger charge is 2.13. The highest BCUT2D eigenvalue weighted by Crippen LogP contribution is 2.22. The number of aromatic nitrogens is 4. The monoisotopic (exact) mass is 375 g/mol. The van der Waals surface area contributed by atoms with Gasteiger partial charge in [0, 0.05) is 18.3 Å². The number of thiophene rings is 1. The first kappa shape index (κ1) is 17.3. The van der Waals surface area contributed by atoms with E-state index in [1.54, 1.807) is 22.1 Å². The van der Waals surface area contributed by atoms with E-state index in [0.717, 1.165) is 10.4 Å². The van der Waals surface area contributed by atoms with Crippen LogP contribution in [0.25, 0.3) is 10.7 Å². The van der Waals surface area contributed by atoms with Crippen molar-refractivity contribution in [3.63, 3.8) is 0 Å². The van der Waals surface area contributed by atoms with Crippen molar-refractivity contribution in [2.75, 3.05) is 6.61 Å². The number of ether oxygens (including phenoxy) is 1. The number of hydrogen-bond acceptors (Lipinski definition) is 6. The summed E-state index contributed by atoms with van der Waals surface area (Å²) in [6.07, 6.45) is 1.66. The molecule has 130 valence electrons. The lowest BCUT2D eigenvalue weighted by Crippen LogP contribution is -2.27. The van der Waals surface area contributed by atoms with Gasteiger partial charge in [0.1, 0.15) is 6.54 Å². The van der Waals surface area contributed by atoms with E-state index in [0.29, 0.717) is 29.6 Å². The molecule has 0 aromatic carbocycles. The third-order valence-electron chi connectivity index (χ3n) is 3.41. The molecular formula is C16H17N5O2S2. The van der Waals surface area contributed by atoms with E-state index in [-0.39, 0.29) is 12.5 Å². The van der Waals surface area contributed by atoms with Crippen LogP contribution in [0.5, 0.6) is 5.88 Å². The second kappa shape index (κ2) is 8.04. The Morgan fingerprint density at radius 3 is 3.08 bits per heavy atom. The molecule has 9 heteroatoms. The summed E-state index contributed by atoms with van der Waals surface area (Å²) < 4.78 is 7.56. The van der Waals surface area contributed by atoms with Crippen molar-refractivity contribution in [1.82, 2.24) is 25.1 Å². The van der Waals surface area contributed by atoms with Gasteiger partial charge in [0.25, 0.3) is 0 Å². The molecule has 1 amide bonds. The average molecular weight is 375 g/mol. The van der Waals surface area contributed by atoms with Crippen LogP contribution in [0.15, 0.2) is 35.8 Å². The number of carbonyl (C=O) groups excluding carboxylic acids is 1. The normalized spacial score (nSPS) is 10.6. The highest BCUT2D eigenvalue weighted by molar-refractivity contribution is 7.71. The molecule has 0 aliphatic carbocycles. The fraction of sp³-hybridized carbons (Fsp3) is 0.250. The summed E-state index contributed by atoms with van der Waals surface area (Å²) in [6, 6.07) is 7.55. The Morgan fingerprint density at radius 1 is 1.44 bits per heavy atom. The minimum atomic E-state index is -0.165. The quantitative estimate of drug-likeness (QED) is 0.620. The maximum atomic E-state index is 12.3. The van der Waals surface area contributed by atoms with Crippen LogP contribution in [-0.2, 0) is 17.9 Å². The summed E-state index contributed by atoms with van der Waals surface area (Å²) in [4.78, 5) is 17.5. The standard InChI is InChI=1S/C16H17N5O2S2/c1-2-23-15-11(5-3-7-17-15)9-18-13(22)10-21-14(19-20-16(21)24)12-6-4-8-25-12/h3-8H,2,9-10H2,1H3,(H,18,22)(H,20,24). The second-order valence-corrected chi connectivity index (χ2v) is 6.43. The van der Waals surface area contributed by atoms with Crippen LogP contribution >= 0.6 is 23.6 Å². The van der Waals surface area contributed by atoms with Crippen molar-refractivity contribution < 1.29 is 9.53 Å². The SMILES string of the molecule is CCOc1ncccc1CNC(=O)Cn1c(-c2cccs2)n[nH]c1=S. The van der Waals surface area contributed by atoms with Gasteiger partial charge in [0.05, 0.1) is 11.5 Å². The Hall–Kier alpha value is -2.52. The van der Waals surface area contributed by atoms with E-state index in [2.05, 4.69) is 20.5 Å². The van der Waals surface area contributed by atoms with Gasteiger partial charge in [-0.1, -0.05) is 12.1 Å². The van der Waals surface area contributed by atoms with Gasteiger partial charge in [-0.15, -0.1) is 11.3 Å². The predicted molar refractivity (Wildman–Crippen MR) is 98.0 cm³/mol. The maximum Gasteiger partial charge on any atom is 0.240 e. The molecule has 3 rings (SSSR count). The Bertz CT molecular complexity index is 901. The van der Waals surface area contributed by atoms with E-state index in [1.165, 1.54) is 0 Å². The van der Waals surface area contributed by atoms with Crippen molar-refractivity contribution >= 4 is 29.5 Å². The summed E-state index contributed by atoms with van der Waals surface area (Å²) in [5.74, 6) is 1.03. The molecule has 2 N–H and O–H groups in total. The first-order valence-electron chi connectivity index (χ1n) is 7.71. The van der Waals surface area contributed by atoms with Crippen molar-refractivity contribution in [2.24, 2.45) is 0 Å². The summed E-state index contributed by atoms with van der Waals surface area (Å²) in [5.41, 5.74) is 0.826. The Labute approximate surface area is 153 Å². The van der Waals surface area contributed by atoms with Crippen molar-refractivity contribution in [2.45, 2.75) is 20.0 Å². The summed E-state index contributed by atoms with van der Waals surface area (Å²) in [6.45, 7) is 2.84. The van der Waals surface area contributed by atoms with Crippen LogP contribution in [0.4, 0.5) is 0 Å². The number of amides is 1. The minimum absolute atomic E-state index is 0.0901. The first-order chi connectivity index (χ1) is 12.2. The largest absolute Gasteiger partial charge is 0.478 e. The molecule has 0 saturated heterocycles. The van der Waals surface area contributed by atoms with Gasteiger partial charge in [0.15, 0.2) is 10.6 Å². The van der Waals surface area contributed by atoms with E-state index in [9.17, 15) is 4.79 Å². The third-order valence-corrected chi connectivity index (χ3v) is 4.59. The Morgan fingerprint density at radius 2 is 2.32 bits per heavy atom. The van der Waals surface area contributed by atoms with E-state index in [1.807, 2.05) is 36.6 Å². The van der Waals surface area contributed by atoms with Gasteiger partial charge in [-0.2, -0.15) is 5.10 Å². The van der Waals surface area contributed by atoms with Crippen LogP contribution in [0.2, 0.25) is 0 Å². The molecule has 0 fully saturated rings. The maximum absolute atomic E-state index is 12.3. The number of nitrogens with one attached hydrogen (secondary N) is 2. The molecule has 0 aliphatic rings. The van der Waals surface area contributed by atoms with Gasteiger partial charge in [-0.25, -0.2) is 4.98 Å². The zero-order valence-corrected chi connectivity index (χ0v) is 15.2. The Balaban J connectivity index is 1.68. The molecule has 7 nitrogen and oxygen atoms in total. The molecular weight excluding hydrogens is 358 g/mol. The van der Waals surface area contributed by atoms with Crippen molar-refractivity contribution in [1.29, 1.82) is 0 Å². The molecule has 0 aliphatic heterocycles. The third kappa shape index (κ3) is 4.12. The zero-order valence-electron chi connectivity index (χ0n) is 13.6. The number of aromatic amines is 1. The Kier molecular flexibility index (Phi) is 5.56. The molecule has 0 bridgehead atoms. The lowest BCUT2D eigenvalue weighted by molar-refractivity contribution is -0.121. The van der Waals surface area contributed by atoms with Crippen LogP contribution < -0.4 is 10.1 Å². The van der Waals surface area contributed by atoms with Crippen LogP contribution in [0.3, 0.4) is 0 Å². The smallest absolute Gasteiger partial charge is 0.240 e. The first-order valence-corrected chi connectivity index (χ1v) is 9.00. The number of nitrogens with zero attached hydrogens (tertiary/aromatic N) is 3. The molecule has 25 heavy (non-hydrogen) atoms. The summed E-state index contributed by atoms with van der Waals surface area (Å²) in [5, 5.41) is 11.8. The number of pyridine rings is 1. The zero-order chi connectivity index (χ0) is 17.6. The van der Waals surface area contributed by atoms with Crippen LogP contribution in [-0.4, -0.2) is 32.3 Å². The molecule has 0 radical (unpaired) electrons. The average Bonchev–Trinajstić information content (AvgIpc) is 3.25. The molecule has 0 unspecified atom stereocenters. The van der Waals surface area contributed by atoms with Crippen LogP contribution in [0, 0.1) is 4.77 Å². The van der Waals surface area contributed by atoms with E-state index < -0.39 is 0 Å². The van der Waals surface area contributed by atoms with Crippen molar-refractivity contribution in [3.05, 3.63) is 46.2 Å². The lowest BCUT2D eigenvalue weighted by Gasteiger charge is -2.10. The summed E-state index contributed by atoms with van der Waals surface area (Å²) >= 11 is 6.78. The fourth-order valence-electron chi connectivity index (χ4n) is 2.28. The topological polar surface area (TPSA) is 84.8 Å². The minimum Gasteiger partial charge on any atom is -0.478 e. The summed E-state index contributed by atoms with van der Waals surface area (Å²) in [7, 11) is 0. The fourth-order valence-corrected chi connectivity index (χ4v) is 3.20.